The van der Waals surface area contributed by atoms with E-state index in [0.29, 0.717) is 5.41 Å². The van der Waals surface area contributed by atoms with E-state index in [1.807, 2.05) is 0 Å². The molecule has 0 saturated heterocycles. The molecule has 0 heterocycles. The van der Waals surface area contributed by atoms with Crippen LogP contribution in [0.25, 0.3) is 0 Å². The molecule has 0 spiro atoms. The molecule has 0 atom stereocenters. The molecule has 0 aromatic carbocycles. The molecule has 0 amide bonds. The quantitative estimate of drug-likeness (QED) is 0.376. The van der Waals surface area contributed by atoms with E-state index in [1.54, 1.807) is 0 Å². The molecule has 0 rings (SSSR count). The Morgan fingerprint density at radius 3 is 1.31 bits per heavy atom. The van der Waals surface area contributed by atoms with Gasteiger partial charge in [0.25, 0.3) is 10.1 Å². The fourth-order valence-corrected chi connectivity index (χ4v) is 0. The summed E-state index contributed by atoms with van der Waals surface area (Å²) < 4.78 is 76.0. The first-order valence-electron chi connectivity index (χ1n) is 2.01. The maximum atomic E-state index is 9.89. The molecule has 0 unspecified atom stereocenters. The third-order valence-electron chi connectivity index (χ3n) is 0.211. The molecule has 0 radical (unpaired) electrons. The van der Waals surface area contributed by atoms with E-state index in [0.717, 1.165) is 0 Å². The number of halogens is 5. The van der Waals surface area contributed by atoms with Gasteiger partial charge in [-0.05, 0) is 0 Å². The van der Waals surface area contributed by atoms with Crippen molar-refractivity contribution >= 4 is 24.9 Å². The molecular formula is C2H5AsF5LiO3S. The Morgan fingerprint density at radius 1 is 1.23 bits per heavy atom. The topological polar surface area (TPSA) is 54.4 Å². The fraction of sp³-hybridized carbons (Fsp3) is 0. The Morgan fingerprint density at radius 2 is 1.31 bits per heavy atom. The van der Waals surface area contributed by atoms with Crippen LogP contribution < -0.4 is 18.9 Å². The standard InChI is InChI=1S/C2H4O3S.AsF5.Li.H/c1-2-6(3,4)5;2-1(3,4,5)6;;/h2H,1H2,(H,3,4,5);;;/q;;+1;-1. The summed E-state index contributed by atoms with van der Waals surface area (Å²) in [6.07, 6.45) is 0. The van der Waals surface area contributed by atoms with Crippen LogP contribution in [-0.2, 0) is 10.1 Å². The molecule has 3 nitrogen and oxygen atoms in total. The summed E-state index contributed by atoms with van der Waals surface area (Å²) in [4.78, 5) is 0. The molecule has 0 aromatic heterocycles. The van der Waals surface area contributed by atoms with Gasteiger partial charge >= 0.3 is 51.0 Å². The van der Waals surface area contributed by atoms with Crippen molar-refractivity contribution in [3.63, 3.8) is 0 Å². The Hall–Kier alpha value is 0.456. The zero-order valence-corrected chi connectivity index (χ0v) is 8.99. The summed E-state index contributed by atoms with van der Waals surface area (Å²) in [6.45, 7) is 2.79. The maximum Gasteiger partial charge on any atom is 1.00 e. The predicted octanol–water partition coefficient (Wildman–Crippen LogP) is -1.15. The number of rotatable bonds is 1. The summed E-state index contributed by atoms with van der Waals surface area (Å²) in [6, 6.07) is 0. The van der Waals surface area contributed by atoms with Gasteiger partial charge in [0.05, 0.1) is 5.41 Å². The van der Waals surface area contributed by atoms with Gasteiger partial charge in [0.2, 0.25) is 0 Å². The van der Waals surface area contributed by atoms with E-state index in [-0.39, 0.29) is 20.3 Å². The molecule has 11 heteroatoms. The zero-order valence-electron chi connectivity index (χ0n) is 7.29. The van der Waals surface area contributed by atoms with Gasteiger partial charge < -0.3 is 1.43 Å². The summed E-state index contributed by atoms with van der Waals surface area (Å²) in [5.41, 5.74) is 0. The van der Waals surface area contributed by atoms with Crippen molar-refractivity contribution in [3.05, 3.63) is 12.0 Å². The molecule has 0 saturated carbocycles. The summed E-state index contributed by atoms with van der Waals surface area (Å²) in [5, 5.41) is 0.465. The van der Waals surface area contributed by atoms with Gasteiger partial charge in [-0.2, -0.15) is 8.42 Å². The van der Waals surface area contributed by atoms with E-state index < -0.39 is 24.9 Å². The number of hydrogen-bond donors (Lipinski definition) is 1. The molecule has 0 aliphatic rings. The first-order chi connectivity index (χ1) is 4.80. The maximum absolute atomic E-state index is 9.89. The summed E-state index contributed by atoms with van der Waals surface area (Å²) in [5.74, 6) is 0. The normalized spacial score (nSPS) is 13.8. The molecule has 0 aromatic rings. The Kier molecular flexibility index (Phi) is 7.88. The molecular weight excluding hydrogens is 281 g/mol. The Labute approximate surface area is 87.6 Å². The van der Waals surface area contributed by atoms with Gasteiger partial charge in [-0.3, -0.25) is 4.55 Å². The van der Waals surface area contributed by atoms with Crippen molar-refractivity contribution in [1.29, 1.82) is 0 Å². The smallest absolute Gasteiger partial charge is 1.00 e. The Balaban J connectivity index is -0.0000000625. The van der Waals surface area contributed by atoms with Crippen LogP contribution in [0.5, 0.6) is 0 Å². The molecule has 78 valence electrons. The summed E-state index contributed by atoms with van der Waals surface area (Å²) >= 11 is -8.99. The van der Waals surface area contributed by atoms with Gasteiger partial charge in [-0.25, -0.2) is 0 Å². The average molecular weight is 286 g/mol. The van der Waals surface area contributed by atoms with E-state index in [2.05, 4.69) is 6.58 Å². The monoisotopic (exact) mass is 286 g/mol. The minimum absolute atomic E-state index is 0. The van der Waals surface area contributed by atoms with Crippen molar-refractivity contribution in [2.45, 2.75) is 0 Å². The van der Waals surface area contributed by atoms with Gasteiger partial charge in [0.15, 0.2) is 0 Å². The van der Waals surface area contributed by atoms with Crippen LogP contribution in [0.15, 0.2) is 12.0 Å². The number of hydrogen-bond acceptors (Lipinski definition) is 2. The van der Waals surface area contributed by atoms with Gasteiger partial charge in [-0.1, -0.05) is 6.58 Å². The van der Waals surface area contributed by atoms with Gasteiger partial charge in [0.1, 0.15) is 0 Å². The third-order valence-corrected chi connectivity index (χ3v) is 0.632. The molecule has 13 heavy (non-hydrogen) atoms. The first-order valence-corrected chi connectivity index (χ1v) is 7.05. The average Bonchev–Trinajstić information content (AvgIpc) is 1.56. The minimum Gasteiger partial charge on any atom is -1.00 e. The second-order valence-corrected chi connectivity index (χ2v) is 5.36. The largest absolute Gasteiger partial charge is 1.00 e. The van der Waals surface area contributed by atoms with Crippen molar-refractivity contribution in [2.75, 3.05) is 0 Å². The molecule has 1 N–H and O–H groups in total. The third kappa shape index (κ3) is 114. The van der Waals surface area contributed by atoms with Crippen LogP contribution in [0.2, 0.25) is 0 Å². The molecule has 0 aliphatic heterocycles. The second kappa shape index (κ2) is 5.36. The SMILES string of the molecule is C=CS(=O)(=O)O.F[As](F)(F)(F)F.[H-].[Li+]. The van der Waals surface area contributed by atoms with Crippen LogP contribution >= 0.6 is 0 Å². The van der Waals surface area contributed by atoms with Gasteiger partial charge in [0, 0.05) is 0 Å². The van der Waals surface area contributed by atoms with Crippen molar-refractivity contribution in [1.82, 2.24) is 0 Å². The van der Waals surface area contributed by atoms with Crippen molar-refractivity contribution in [2.24, 2.45) is 0 Å². The first kappa shape index (κ1) is 19.1. The van der Waals surface area contributed by atoms with E-state index in [1.165, 1.54) is 0 Å². The van der Waals surface area contributed by atoms with Crippen LogP contribution in [0.1, 0.15) is 1.43 Å². The van der Waals surface area contributed by atoms with Crippen LogP contribution in [0.3, 0.4) is 0 Å². The molecule has 0 aliphatic carbocycles. The van der Waals surface area contributed by atoms with E-state index >= 15 is 0 Å². The van der Waals surface area contributed by atoms with Crippen molar-refractivity contribution in [3.8, 4) is 0 Å². The zero-order chi connectivity index (χ0) is 10.7. The molecule has 0 fully saturated rings. The summed E-state index contributed by atoms with van der Waals surface area (Å²) in [7, 11) is -3.90. The van der Waals surface area contributed by atoms with Crippen LogP contribution in [0, 0.1) is 0 Å². The minimum atomic E-state index is -8.99. The van der Waals surface area contributed by atoms with Gasteiger partial charge in [-0.15, -0.1) is 0 Å². The fourth-order valence-electron chi connectivity index (χ4n) is 0. The predicted molar refractivity (Wildman–Crippen MR) is 34.2 cm³/mol. The van der Waals surface area contributed by atoms with Crippen LogP contribution in [-0.4, -0.2) is 27.8 Å². The van der Waals surface area contributed by atoms with Crippen molar-refractivity contribution < 1.29 is 50.6 Å². The van der Waals surface area contributed by atoms with Crippen LogP contribution in [0.4, 0.5) is 17.3 Å². The second-order valence-electron chi connectivity index (χ2n) is 1.32. The van der Waals surface area contributed by atoms with E-state index in [4.69, 9.17) is 4.55 Å². The Bertz CT molecular complexity index is 231. The van der Waals surface area contributed by atoms with E-state index in [9.17, 15) is 25.8 Å². The molecule has 0 bridgehead atoms.